The summed E-state index contributed by atoms with van der Waals surface area (Å²) in [5.41, 5.74) is 3.06. The number of rotatable bonds is 2. The van der Waals surface area contributed by atoms with Gasteiger partial charge in [0.15, 0.2) is 0 Å². The summed E-state index contributed by atoms with van der Waals surface area (Å²) in [5, 5.41) is 8.95. The highest BCUT2D eigenvalue weighted by atomic mass is 16.5. The summed E-state index contributed by atoms with van der Waals surface area (Å²) >= 11 is 0. The number of methoxy groups -OCH3 is 1. The molecule has 3 nitrogen and oxygen atoms in total. The Bertz CT molecular complexity index is 643. The minimum Gasteiger partial charge on any atom is -0.465 e. The number of esters is 1. The van der Waals surface area contributed by atoms with Gasteiger partial charge in [-0.25, -0.2) is 4.79 Å². The molecular formula is C17H14O3. The van der Waals surface area contributed by atoms with E-state index in [0.717, 1.165) is 16.7 Å². The van der Waals surface area contributed by atoms with Crippen LogP contribution >= 0.6 is 0 Å². The van der Waals surface area contributed by atoms with Crippen molar-refractivity contribution < 1.29 is 14.6 Å². The molecule has 2 aromatic rings. The van der Waals surface area contributed by atoms with Gasteiger partial charge in [-0.2, -0.15) is 0 Å². The van der Waals surface area contributed by atoms with Crippen molar-refractivity contribution in [2.45, 2.75) is 6.61 Å². The number of benzene rings is 2. The summed E-state index contributed by atoms with van der Waals surface area (Å²) in [4.78, 5) is 11.3. The van der Waals surface area contributed by atoms with Crippen LogP contribution in [-0.2, 0) is 11.3 Å². The van der Waals surface area contributed by atoms with E-state index in [1.165, 1.54) is 7.11 Å². The second-order valence-corrected chi connectivity index (χ2v) is 4.17. The van der Waals surface area contributed by atoms with Crippen LogP contribution < -0.4 is 0 Å². The Morgan fingerprint density at radius 3 is 1.95 bits per heavy atom. The van der Waals surface area contributed by atoms with Crippen LogP contribution in [0, 0.1) is 11.8 Å². The molecule has 0 atom stereocenters. The van der Waals surface area contributed by atoms with Gasteiger partial charge in [-0.3, -0.25) is 0 Å². The molecule has 0 aliphatic heterocycles. The molecule has 0 aliphatic rings. The van der Waals surface area contributed by atoms with Crippen molar-refractivity contribution in [3.63, 3.8) is 0 Å². The Kier molecular flexibility index (Phi) is 4.54. The van der Waals surface area contributed by atoms with Gasteiger partial charge < -0.3 is 9.84 Å². The fourth-order valence-corrected chi connectivity index (χ4v) is 1.65. The number of ether oxygens (including phenoxy) is 1. The van der Waals surface area contributed by atoms with Crippen LogP contribution in [0.2, 0.25) is 0 Å². The highest BCUT2D eigenvalue weighted by Crippen LogP contribution is 2.06. The average molecular weight is 266 g/mol. The van der Waals surface area contributed by atoms with E-state index in [1.54, 1.807) is 24.3 Å². The van der Waals surface area contributed by atoms with Gasteiger partial charge in [0.2, 0.25) is 0 Å². The lowest BCUT2D eigenvalue weighted by atomic mass is 10.1. The Morgan fingerprint density at radius 1 is 1.00 bits per heavy atom. The van der Waals surface area contributed by atoms with Gasteiger partial charge in [0.25, 0.3) is 0 Å². The van der Waals surface area contributed by atoms with Crippen molar-refractivity contribution in [1.29, 1.82) is 0 Å². The van der Waals surface area contributed by atoms with E-state index in [9.17, 15) is 4.79 Å². The lowest BCUT2D eigenvalue weighted by molar-refractivity contribution is 0.0600. The number of hydrogen-bond donors (Lipinski definition) is 1. The molecule has 0 spiro atoms. The molecule has 0 saturated heterocycles. The lowest BCUT2D eigenvalue weighted by Gasteiger charge is -1.98. The van der Waals surface area contributed by atoms with Crippen molar-refractivity contribution >= 4 is 5.97 Å². The van der Waals surface area contributed by atoms with Gasteiger partial charge in [0.1, 0.15) is 0 Å². The van der Waals surface area contributed by atoms with Gasteiger partial charge in [-0.1, -0.05) is 24.0 Å². The molecule has 0 unspecified atom stereocenters. The summed E-state index contributed by atoms with van der Waals surface area (Å²) in [6.45, 7) is 0.0305. The zero-order valence-electron chi connectivity index (χ0n) is 11.1. The molecule has 0 fully saturated rings. The van der Waals surface area contributed by atoms with Crippen LogP contribution in [-0.4, -0.2) is 18.2 Å². The maximum atomic E-state index is 11.3. The fourth-order valence-electron chi connectivity index (χ4n) is 1.65. The second kappa shape index (κ2) is 6.55. The van der Waals surface area contributed by atoms with Crippen molar-refractivity contribution in [3.8, 4) is 11.8 Å². The van der Waals surface area contributed by atoms with E-state index in [-0.39, 0.29) is 12.6 Å². The third-order valence-corrected chi connectivity index (χ3v) is 2.79. The first kappa shape index (κ1) is 13.9. The number of aliphatic hydroxyl groups is 1. The average Bonchev–Trinajstić information content (AvgIpc) is 2.53. The van der Waals surface area contributed by atoms with Crippen LogP contribution in [0.5, 0.6) is 0 Å². The topological polar surface area (TPSA) is 46.5 Å². The number of hydrogen-bond acceptors (Lipinski definition) is 3. The molecule has 20 heavy (non-hydrogen) atoms. The molecule has 0 heterocycles. The minimum absolute atomic E-state index is 0.0305. The number of carbonyl (C=O) groups excluding carboxylic acids is 1. The molecule has 0 radical (unpaired) electrons. The Balaban J connectivity index is 2.13. The first-order chi connectivity index (χ1) is 9.72. The fraction of sp³-hybridized carbons (Fsp3) is 0.118. The summed E-state index contributed by atoms with van der Waals surface area (Å²) in [7, 11) is 1.35. The molecule has 0 amide bonds. The quantitative estimate of drug-likeness (QED) is 0.670. The highest BCUT2D eigenvalue weighted by Gasteiger charge is 2.02. The SMILES string of the molecule is COC(=O)c1ccc(C#Cc2ccc(CO)cc2)cc1. The molecular weight excluding hydrogens is 252 g/mol. The van der Waals surface area contributed by atoms with E-state index in [1.807, 2.05) is 24.3 Å². The molecule has 0 bridgehead atoms. The van der Waals surface area contributed by atoms with Gasteiger partial charge >= 0.3 is 5.97 Å². The Morgan fingerprint density at radius 2 is 1.50 bits per heavy atom. The monoisotopic (exact) mass is 266 g/mol. The van der Waals surface area contributed by atoms with E-state index < -0.39 is 0 Å². The van der Waals surface area contributed by atoms with Crippen LogP contribution in [0.3, 0.4) is 0 Å². The highest BCUT2D eigenvalue weighted by molar-refractivity contribution is 5.89. The summed E-state index contributed by atoms with van der Waals surface area (Å²) in [6.07, 6.45) is 0. The predicted octanol–water partition coefficient (Wildman–Crippen LogP) is 2.37. The third kappa shape index (κ3) is 3.47. The standard InChI is InChI=1S/C17H14O3/c1-20-17(19)16-10-8-14(9-11-16)3-2-13-4-6-15(12-18)7-5-13/h4-11,18H,12H2,1H3. The van der Waals surface area contributed by atoms with Gasteiger partial charge in [0, 0.05) is 11.1 Å². The molecule has 1 N–H and O–H groups in total. The molecule has 100 valence electrons. The zero-order valence-corrected chi connectivity index (χ0v) is 11.1. The summed E-state index contributed by atoms with van der Waals surface area (Å²) in [5.74, 6) is 5.69. The van der Waals surface area contributed by atoms with E-state index in [2.05, 4.69) is 16.6 Å². The van der Waals surface area contributed by atoms with Gasteiger partial charge in [-0.05, 0) is 42.0 Å². The molecule has 0 aliphatic carbocycles. The largest absolute Gasteiger partial charge is 0.465 e. The van der Waals surface area contributed by atoms with E-state index in [4.69, 9.17) is 5.11 Å². The smallest absolute Gasteiger partial charge is 0.337 e. The molecule has 2 rings (SSSR count). The first-order valence-electron chi connectivity index (χ1n) is 6.13. The zero-order chi connectivity index (χ0) is 14.4. The van der Waals surface area contributed by atoms with Crippen LogP contribution in [0.25, 0.3) is 0 Å². The van der Waals surface area contributed by atoms with Crippen LogP contribution in [0.1, 0.15) is 27.0 Å². The second-order valence-electron chi connectivity index (χ2n) is 4.17. The molecule has 2 aromatic carbocycles. The first-order valence-corrected chi connectivity index (χ1v) is 6.13. The third-order valence-electron chi connectivity index (χ3n) is 2.79. The molecule has 3 heteroatoms. The minimum atomic E-state index is -0.357. The van der Waals surface area contributed by atoms with Crippen LogP contribution in [0.15, 0.2) is 48.5 Å². The van der Waals surface area contributed by atoms with Crippen molar-refractivity contribution in [2.24, 2.45) is 0 Å². The Labute approximate surface area is 117 Å². The maximum absolute atomic E-state index is 11.3. The maximum Gasteiger partial charge on any atom is 0.337 e. The number of carbonyl (C=O) groups is 1. The van der Waals surface area contributed by atoms with Crippen molar-refractivity contribution in [3.05, 3.63) is 70.8 Å². The predicted molar refractivity (Wildman–Crippen MR) is 76.1 cm³/mol. The van der Waals surface area contributed by atoms with Crippen molar-refractivity contribution in [2.75, 3.05) is 7.11 Å². The summed E-state index contributed by atoms with van der Waals surface area (Å²) < 4.78 is 4.63. The summed E-state index contributed by atoms with van der Waals surface area (Å²) in [6, 6.07) is 14.3. The van der Waals surface area contributed by atoms with Gasteiger partial charge in [-0.15, -0.1) is 0 Å². The number of aliphatic hydroxyl groups excluding tert-OH is 1. The van der Waals surface area contributed by atoms with Crippen molar-refractivity contribution in [1.82, 2.24) is 0 Å². The normalized spacial score (nSPS) is 9.50. The molecule has 0 saturated carbocycles. The van der Waals surface area contributed by atoms with E-state index >= 15 is 0 Å². The van der Waals surface area contributed by atoms with E-state index in [0.29, 0.717) is 5.56 Å². The van der Waals surface area contributed by atoms with Crippen LogP contribution in [0.4, 0.5) is 0 Å². The Hall–Kier alpha value is -2.57. The molecule has 0 aromatic heterocycles. The van der Waals surface area contributed by atoms with Gasteiger partial charge in [0.05, 0.1) is 19.3 Å². The lowest BCUT2D eigenvalue weighted by Crippen LogP contribution is -2.00.